The summed E-state index contributed by atoms with van der Waals surface area (Å²) in [6, 6.07) is 9.79. The third-order valence-electron chi connectivity index (χ3n) is 3.35. The maximum absolute atomic E-state index is 11.9. The molecule has 0 saturated carbocycles. The van der Waals surface area contributed by atoms with Crippen molar-refractivity contribution in [2.75, 3.05) is 0 Å². The fourth-order valence-corrected chi connectivity index (χ4v) is 2.07. The van der Waals surface area contributed by atoms with Crippen molar-refractivity contribution in [3.63, 3.8) is 0 Å². The molecule has 1 unspecified atom stereocenters. The monoisotopic (exact) mass is 275 g/mol. The van der Waals surface area contributed by atoms with Gasteiger partial charge in [0, 0.05) is 25.3 Å². The predicted octanol–water partition coefficient (Wildman–Crippen LogP) is 3.48. The van der Waals surface area contributed by atoms with Gasteiger partial charge in [-0.1, -0.05) is 57.0 Å². The van der Waals surface area contributed by atoms with Crippen molar-refractivity contribution in [3.05, 3.63) is 35.9 Å². The first kappa shape index (κ1) is 16.4. The molecule has 1 N–H and O–H groups in total. The quantitative estimate of drug-likeness (QED) is 0.701. The van der Waals surface area contributed by atoms with Gasteiger partial charge in [-0.2, -0.15) is 0 Å². The highest BCUT2D eigenvalue weighted by Gasteiger charge is 2.16. The molecule has 0 aliphatic carbocycles. The number of amides is 1. The molecule has 0 bridgehead atoms. The van der Waals surface area contributed by atoms with Crippen molar-refractivity contribution in [2.24, 2.45) is 5.92 Å². The Hall–Kier alpha value is -1.64. The average Bonchev–Trinajstić information content (AvgIpc) is 2.46. The van der Waals surface area contributed by atoms with Gasteiger partial charge in [-0.15, -0.1) is 0 Å². The second-order valence-corrected chi connectivity index (χ2v) is 5.30. The van der Waals surface area contributed by atoms with E-state index in [0.717, 1.165) is 24.8 Å². The van der Waals surface area contributed by atoms with Gasteiger partial charge in [0.15, 0.2) is 0 Å². The Kier molecular flexibility index (Phi) is 7.63. The minimum absolute atomic E-state index is 0.0438. The van der Waals surface area contributed by atoms with Crippen LogP contribution < -0.4 is 5.32 Å². The summed E-state index contributed by atoms with van der Waals surface area (Å²) in [6.45, 7) is 4.45. The summed E-state index contributed by atoms with van der Waals surface area (Å²) in [5, 5.41) is 2.88. The van der Waals surface area contributed by atoms with E-state index in [4.69, 9.17) is 0 Å². The summed E-state index contributed by atoms with van der Waals surface area (Å²) in [4.78, 5) is 23.6. The van der Waals surface area contributed by atoms with Crippen molar-refractivity contribution in [1.82, 2.24) is 5.32 Å². The van der Waals surface area contributed by atoms with Gasteiger partial charge >= 0.3 is 0 Å². The lowest BCUT2D eigenvalue weighted by molar-refractivity contribution is -0.129. The van der Waals surface area contributed by atoms with Crippen molar-refractivity contribution < 1.29 is 9.59 Å². The molecule has 1 aromatic rings. The molecule has 20 heavy (non-hydrogen) atoms. The first-order chi connectivity index (χ1) is 9.63. The summed E-state index contributed by atoms with van der Waals surface area (Å²) in [6.07, 6.45) is 4.09. The molecule has 0 aliphatic heterocycles. The van der Waals surface area contributed by atoms with Crippen molar-refractivity contribution in [3.8, 4) is 0 Å². The molecule has 0 spiro atoms. The lowest BCUT2D eigenvalue weighted by Gasteiger charge is -2.11. The number of benzene rings is 1. The van der Waals surface area contributed by atoms with Crippen molar-refractivity contribution in [1.29, 1.82) is 0 Å². The van der Waals surface area contributed by atoms with Gasteiger partial charge in [0.1, 0.15) is 5.78 Å². The van der Waals surface area contributed by atoms with E-state index >= 15 is 0 Å². The van der Waals surface area contributed by atoms with E-state index in [1.165, 1.54) is 0 Å². The molecule has 0 saturated heterocycles. The van der Waals surface area contributed by atoms with Gasteiger partial charge in [-0.25, -0.2) is 0 Å². The van der Waals surface area contributed by atoms with Crippen molar-refractivity contribution >= 4 is 11.7 Å². The van der Waals surface area contributed by atoms with Crippen LogP contribution in [0.15, 0.2) is 30.3 Å². The minimum atomic E-state index is -0.243. The molecule has 0 aromatic heterocycles. The Bertz CT molecular complexity index is 414. The van der Waals surface area contributed by atoms with Gasteiger partial charge < -0.3 is 5.32 Å². The highest BCUT2D eigenvalue weighted by atomic mass is 16.2. The van der Waals surface area contributed by atoms with E-state index in [0.29, 0.717) is 19.4 Å². The molecule has 0 heterocycles. The normalized spacial score (nSPS) is 11.9. The summed E-state index contributed by atoms with van der Waals surface area (Å²) in [7, 11) is 0. The highest BCUT2D eigenvalue weighted by Crippen LogP contribution is 2.09. The maximum Gasteiger partial charge on any atom is 0.223 e. The number of nitrogens with one attached hydrogen (secondary N) is 1. The summed E-state index contributed by atoms with van der Waals surface area (Å²) in [5.41, 5.74) is 1.07. The van der Waals surface area contributed by atoms with Crippen LogP contribution in [0.1, 0.15) is 51.5 Å². The molecule has 3 heteroatoms. The molecule has 0 radical (unpaired) electrons. The van der Waals surface area contributed by atoms with Gasteiger partial charge in [0.25, 0.3) is 0 Å². The second kappa shape index (κ2) is 9.29. The number of hydrogen-bond donors (Lipinski definition) is 1. The molecule has 1 amide bonds. The molecule has 1 atom stereocenters. The van der Waals surface area contributed by atoms with E-state index in [9.17, 15) is 9.59 Å². The van der Waals surface area contributed by atoms with E-state index in [2.05, 4.69) is 12.2 Å². The van der Waals surface area contributed by atoms with Gasteiger partial charge in [-0.05, 0) is 12.0 Å². The number of carbonyl (C=O) groups is 2. The molecule has 0 aliphatic rings. The number of rotatable bonds is 9. The van der Waals surface area contributed by atoms with Crippen LogP contribution in [-0.2, 0) is 16.1 Å². The molecule has 1 rings (SSSR count). The van der Waals surface area contributed by atoms with Crippen molar-refractivity contribution in [2.45, 2.75) is 52.5 Å². The number of hydrogen-bond acceptors (Lipinski definition) is 2. The zero-order chi connectivity index (χ0) is 14.8. The van der Waals surface area contributed by atoms with E-state index < -0.39 is 0 Å². The minimum Gasteiger partial charge on any atom is -0.352 e. The van der Waals surface area contributed by atoms with Crippen LogP contribution in [0.4, 0.5) is 0 Å². The predicted molar refractivity (Wildman–Crippen MR) is 81.2 cm³/mol. The van der Waals surface area contributed by atoms with Gasteiger partial charge in [0.2, 0.25) is 5.91 Å². The molecular formula is C17H25NO2. The SMILES string of the molecule is CCCCCC(=O)CC(C)C(=O)NCc1ccccc1. The number of unbranched alkanes of at least 4 members (excludes halogenated alkanes) is 2. The van der Waals surface area contributed by atoms with Gasteiger partial charge in [-0.3, -0.25) is 9.59 Å². The fraction of sp³-hybridized carbons (Fsp3) is 0.529. The summed E-state index contributed by atoms with van der Waals surface area (Å²) in [5.74, 6) is -0.0913. The molecular weight excluding hydrogens is 250 g/mol. The van der Waals surface area contributed by atoms with Crippen LogP contribution in [0.25, 0.3) is 0 Å². The molecule has 0 fully saturated rings. The largest absolute Gasteiger partial charge is 0.352 e. The number of ketones is 1. The Balaban J connectivity index is 2.26. The third-order valence-corrected chi connectivity index (χ3v) is 3.35. The third kappa shape index (κ3) is 6.50. The second-order valence-electron chi connectivity index (χ2n) is 5.30. The summed E-state index contributed by atoms with van der Waals surface area (Å²) < 4.78 is 0. The first-order valence-electron chi connectivity index (χ1n) is 7.46. The zero-order valence-electron chi connectivity index (χ0n) is 12.5. The fourth-order valence-electron chi connectivity index (χ4n) is 2.07. The van der Waals surface area contributed by atoms with Crippen LogP contribution in [0.3, 0.4) is 0 Å². The number of Topliss-reactive ketones (excluding diaryl/α,β-unsaturated/α-hetero) is 1. The molecule has 3 nitrogen and oxygen atoms in total. The first-order valence-corrected chi connectivity index (χ1v) is 7.46. The smallest absolute Gasteiger partial charge is 0.223 e. The Morgan fingerprint density at radius 1 is 1.15 bits per heavy atom. The maximum atomic E-state index is 11.9. The standard InChI is InChI=1S/C17H25NO2/c1-3-4-6-11-16(19)12-14(2)17(20)18-13-15-9-7-5-8-10-15/h5,7-10,14H,3-4,6,11-13H2,1-2H3,(H,18,20). The van der Waals surface area contributed by atoms with Crippen LogP contribution >= 0.6 is 0 Å². The Morgan fingerprint density at radius 3 is 2.50 bits per heavy atom. The Morgan fingerprint density at radius 2 is 1.85 bits per heavy atom. The van der Waals surface area contributed by atoms with Crippen LogP contribution in [0.2, 0.25) is 0 Å². The van der Waals surface area contributed by atoms with Crippen LogP contribution in [0, 0.1) is 5.92 Å². The van der Waals surface area contributed by atoms with Gasteiger partial charge in [0.05, 0.1) is 0 Å². The van der Waals surface area contributed by atoms with E-state index in [-0.39, 0.29) is 17.6 Å². The average molecular weight is 275 g/mol. The summed E-state index contributed by atoms with van der Waals surface area (Å²) >= 11 is 0. The van der Waals surface area contributed by atoms with E-state index in [1.54, 1.807) is 0 Å². The highest BCUT2D eigenvalue weighted by molar-refractivity contribution is 5.86. The lowest BCUT2D eigenvalue weighted by Crippen LogP contribution is -2.30. The number of carbonyl (C=O) groups excluding carboxylic acids is 2. The molecule has 1 aromatic carbocycles. The van der Waals surface area contributed by atoms with Crippen LogP contribution in [0.5, 0.6) is 0 Å². The Labute approximate surface area is 121 Å². The lowest BCUT2D eigenvalue weighted by atomic mass is 10.00. The van der Waals surface area contributed by atoms with Crippen LogP contribution in [-0.4, -0.2) is 11.7 Å². The van der Waals surface area contributed by atoms with E-state index in [1.807, 2.05) is 37.3 Å². The molecule has 110 valence electrons. The zero-order valence-corrected chi connectivity index (χ0v) is 12.5. The topological polar surface area (TPSA) is 46.2 Å².